The lowest BCUT2D eigenvalue weighted by molar-refractivity contribution is 0.265. The van der Waals surface area contributed by atoms with Crippen molar-refractivity contribution in [1.29, 1.82) is 0 Å². The van der Waals surface area contributed by atoms with Crippen molar-refractivity contribution < 1.29 is 9.50 Å². The first-order valence-corrected chi connectivity index (χ1v) is 4.64. The molecule has 0 amide bonds. The molecule has 5 heteroatoms. The largest absolute Gasteiger partial charge is 0.394 e. The third kappa shape index (κ3) is 1.49. The lowest BCUT2D eigenvalue weighted by atomic mass is 10.2. The van der Waals surface area contributed by atoms with Gasteiger partial charge in [-0.25, -0.2) is 9.37 Å². The van der Waals surface area contributed by atoms with Crippen molar-refractivity contribution in [1.82, 2.24) is 9.38 Å². The molecule has 3 N–H and O–H groups in total. The third-order valence-corrected chi connectivity index (χ3v) is 2.43. The number of halogens is 1. The maximum Gasteiger partial charge on any atom is 0.173 e. The van der Waals surface area contributed by atoms with Crippen molar-refractivity contribution >= 4 is 5.65 Å². The predicted molar refractivity (Wildman–Crippen MR) is 53.9 cm³/mol. The Hall–Kier alpha value is -1.46. The van der Waals surface area contributed by atoms with Gasteiger partial charge in [-0.1, -0.05) is 0 Å². The third-order valence-electron chi connectivity index (χ3n) is 2.43. The van der Waals surface area contributed by atoms with Crippen molar-refractivity contribution in [2.75, 3.05) is 6.61 Å². The Morgan fingerprint density at radius 2 is 2.40 bits per heavy atom. The average molecular weight is 209 g/mol. The number of hydrogen-bond donors (Lipinski definition) is 2. The fraction of sp³-hybridized carbons (Fsp3) is 0.300. The molecule has 0 saturated carbocycles. The van der Waals surface area contributed by atoms with Gasteiger partial charge in [0.2, 0.25) is 0 Å². The predicted octanol–water partition coefficient (Wildman–Crippen LogP) is 0.774. The molecule has 15 heavy (non-hydrogen) atoms. The minimum Gasteiger partial charge on any atom is -0.394 e. The monoisotopic (exact) mass is 209 g/mol. The van der Waals surface area contributed by atoms with Crippen LogP contribution < -0.4 is 5.73 Å². The molecule has 0 bridgehead atoms. The molecular formula is C10H12FN3O. The van der Waals surface area contributed by atoms with Crippen LogP contribution >= 0.6 is 0 Å². The van der Waals surface area contributed by atoms with Crippen LogP contribution in [0.5, 0.6) is 0 Å². The number of fused-ring (bicyclic) bond motifs is 1. The summed E-state index contributed by atoms with van der Waals surface area (Å²) in [6.45, 7) is 1.59. The molecule has 0 saturated heterocycles. The maximum atomic E-state index is 13.4. The van der Waals surface area contributed by atoms with Crippen LogP contribution in [0.25, 0.3) is 5.65 Å². The highest BCUT2D eigenvalue weighted by Gasteiger charge is 2.16. The second-order valence-electron chi connectivity index (χ2n) is 3.42. The van der Waals surface area contributed by atoms with Crippen molar-refractivity contribution in [3.05, 3.63) is 35.5 Å². The summed E-state index contributed by atoms with van der Waals surface area (Å²) in [5.41, 5.74) is 7.19. The number of nitrogens with two attached hydrogens (primary N) is 1. The molecule has 2 aromatic heterocycles. The molecule has 1 unspecified atom stereocenters. The minimum atomic E-state index is -0.565. The average Bonchev–Trinajstić information content (AvgIpc) is 2.57. The van der Waals surface area contributed by atoms with Crippen LogP contribution in [0, 0.1) is 12.7 Å². The number of aryl methyl sites for hydroxylation is 1. The highest BCUT2D eigenvalue weighted by Crippen LogP contribution is 2.18. The number of aliphatic hydroxyl groups excluding tert-OH is 1. The van der Waals surface area contributed by atoms with E-state index in [1.807, 2.05) is 0 Å². The Bertz CT molecular complexity index is 495. The summed E-state index contributed by atoms with van der Waals surface area (Å²) in [5, 5.41) is 8.94. The molecule has 2 aromatic rings. The summed E-state index contributed by atoms with van der Waals surface area (Å²) in [6.07, 6.45) is 1.72. The van der Waals surface area contributed by atoms with Crippen molar-refractivity contribution in [3.8, 4) is 0 Å². The Morgan fingerprint density at radius 1 is 1.67 bits per heavy atom. The van der Waals surface area contributed by atoms with Crippen molar-refractivity contribution in [2.45, 2.75) is 13.0 Å². The topological polar surface area (TPSA) is 63.5 Å². The standard InChI is InChI=1S/C10H12FN3O/c1-6-9(8(12)5-15)13-10-7(11)3-2-4-14(6)10/h2-4,8,15H,5,12H2,1H3. The molecule has 0 aromatic carbocycles. The number of imidazole rings is 1. The van der Waals surface area contributed by atoms with Crippen molar-refractivity contribution in [2.24, 2.45) is 5.73 Å². The van der Waals surface area contributed by atoms with E-state index in [4.69, 9.17) is 10.8 Å². The first-order valence-electron chi connectivity index (χ1n) is 4.64. The summed E-state index contributed by atoms with van der Waals surface area (Å²) in [5.74, 6) is -0.392. The van der Waals surface area contributed by atoms with Gasteiger partial charge in [0.05, 0.1) is 18.3 Å². The van der Waals surface area contributed by atoms with E-state index in [-0.39, 0.29) is 12.3 Å². The van der Waals surface area contributed by atoms with Crippen LogP contribution in [0.2, 0.25) is 0 Å². The quantitative estimate of drug-likeness (QED) is 0.768. The zero-order chi connectivity index (χ0) is 11.0. The Labute approximate surface area is 86.2 Å². The molecule has 0 radical (unpaired) electrons. The molecule has 80 valence electrons. The molecule has 0 spiro atoms. The first-order chi connectivity index (χ1) is 7.15. The normalized spacial score (nSPS) is 13.3. The zero-order valence-electron chi connectivity index (χ0n) is 8.31. The number of pyridine rings is 1. The van der Waals surface area contributed by atoms with Gasteiger partial charge in [0.1, 0.15) is 0 Å². The number of nitrogens with zero attached hydrogens (tertiary/aromatic N) is 2. The molecule has 0 fully saturated rings. The van der Waals surface area contributed by atoms with Crippen LogP contribution in [0.3, 0.4) is 0 Å². The number of rotatable bonds is 2. The lowest BCUT2D eigenvalue weighted by Crippen LogP contribution is -2.16. The van der Waals surface area contributed by atoms with E-state index in [9.17, 15) is 4.39 Å². The smallest absolute Gasteiger partial charge is 0.173 e. The minimum absolute atomic E-state index is 0.202. The van der Waals surface area contributed by atoms with E-state index in [0.29, 0.717) is 5.69 Å². The number of aliphatic hydroxyl groups is 1. The fourth-order valence-electron chi connectivity index (χ4n) is 1.61. The van der Waals surface area contributed by atoms with E-state index < -0.39 is 11.9 Å². The number of aromatic nitrogens is 2. The van der Waals surface area contributed by atoms with Gasteiger partial charge < -0.3 is 15.2 Å². The van der Waals surface area contributed by atoms with Gasteiger partial charge in [-0.2, -0.15) is 0 Å². The summed E-state index contributed by atoms with van der Waals surface area (Å²) in [7, 11) is 0. The van der Waals surface area contributed by atoms with Crippen LogP contribution in [-0.2, 0) is 0 Å². The fourth-order valence-corrected chi connectivity index (χ4v) is 1.61. The molecule has 0 aliphatic carbocycles. The van der Waals surface area contributed by atoms with Gasteiger partial charge >= 0.3 is 0 Å². The van der Waals surface area contributed by atoms with E-state index in [2.05, 4.69) is 4.98 Å². The van der Waals surface area contributed by atoms with E-state index in [1.54, 1.807) is 23.6 Å². The van der Waals surface area contributed by atoms with Crippen LogP contribution in [0.1, 0.15) is 17.4 Å². The van der Waals surface area contributed by atoms with Gasteiger partial charge in [0, 0.05) is 11.9 Å². The molecule has 0 aliphatic heterocycles. The second kappa shape index (κ2) is 3.60. The summed E-state index contributed by atoms with van der Waals surface area (Å²) in [6, 6.07) is 2.38. The van der Waals surface area contributed by atoms with E-state index >= 15 is 0 Å². The molecule has 4 nitrogen and oxygen atoms in total. The van der Waals surface area contributed by atoms with Gasteiger partial charge in [0.15, 0.2) is 11.5 Å². The van der Waals surface area contributed by atoms with Gasteiger partial charge in [-0.3, -0.25) is 0 Å². The van der Waals surface area contributed by atoms with Gasteiger partial charge in [0.25, 0.3) is 0 Å². The van der Waals surface area contributed by atoms with Crippen LogP contribution in [-0.4, -0.2) is 21.1 Å². The molecule has 1 atom stereocenters. The maximum absolute atomic E-state index is 13.4. The van der Waals surface area contributed by atoms with Crippen molar-refractivity contribution in [3.63, 3.8) is 0 Å². The van der Waals surface area contributed by atoms with Gasteiger partial charge in [-0.05, 0) is 19.1 Å². The molecule has 2 heterocycles. The Kier molecular flexibility index (Phi) is 2.42. The van der Waals surface area contributed by atoms with Gasteiger partial charge in [-0.15, -0.1) is 0 Å². The Balaban J connectivity index is 2.69. The van der Waals surface area contributed by atoms with Crippen LogP contribution in [0.15, 0.2) is 18.3 Å². The van der Waals surface area contributed by atoms with E-state index in [1.165, 1.54) is 6.07 Å². The highest BCUT2D eigenvalue weighted by molar-refractivity contribution is 5.45. The summed E-state index contributed by atoms with van der Waals surface area (Å²) < 4.78 is 15.0. The SMILES string of the molecule is Cc1c(C(N)CO)nc2c(F)cccn12. The zero-order valence-corrected chi connectivity index (χ0v) is 8.31. The molecule has 2 rings (SSSR count). The Morgan fingerprint density at radius 3 is 3.00 bits per heavy atom. The highest BCUT2D eigenvalue weighted by atomic mass is 19.1. The van der Waals surface area contributed by atoms with E-state index in [0.717, 1.165) is 5.69 Å². The molecular weight excluding hydrogens is 197 g/mol. The summed E-state index contributed by atoms with van der Waals surface area (Å²) >= 11 is 0. The lowest BCUT2D eigenvalue weighted by Gasteiger charge is -2.04. The molecule has 0 aliphatic rings. The summed E-state index contributed by atoms with van der Waals surface area (Å²) in [4.78, 5) is 4.09. The second-order valence-corrected chi connectivity index (χ2v) is 3.42. The number of hydrogen-bond acceptors (Lipinski definition) is 3. The van der Waals surface area contributed by atoms with Crippen LogP contribution in [0.4, 0.5) is 4.39 Å². The first kappa shape index (κ1) is 10.1.